The molecule has 0 amide bonds. The van der Waals surface area contributed by atoms with Gasteiger partial charge in [0.1, 0.15) is 0 Å². The summed E-state index contributed by atoms with van der Waals surface area (Å²) in [6, 6.07) is 7.62. The molecule has 0 bridgehead atoms. The molecule has 1 N–H and O–H groups in total. The monoisotopic (exact) mass is 183 g/mol. The van der Waals surface area contributed by atoms with Crippen LogP contribution in [0.2, 0.25) is 0 Å². The Morgan fingerprint density at radius 1 is 1.31 bits per heavy atom. The molecule has 70 valence electrons. The lowest BCUT2D eigenvalue weighted by atomic mass is 9.94. The van der Waals surface area contributed by atoms with Crippen LogP contribution in [-0.4, -0.2) is 13.0 Å². The van der Waals surface area contributed by atoms with Crippen LogP contribution in [-0.2, 0) is 6.42 Å². The molecular weight excluding hydrogens is 172 g/mol. The van der Waals surface area contributed by atoms with Crippen LogP contribution in [0.1, 0.15) is 5.56 Å². The van der Waals surface area contributed by atoms with Gasteiger partial charge in [-0.05, 0) is 18.1 Å². The van der Waals surface area contributed by atoms with Crippen molar-refractivity contribution in [1.29, 1.82) is 0 Å². The van der Waals surface area contributed by atoms with E-state index in [0.29, 0.717) is 13.0 Å². The second-order valence-corrected chi connectivity index (χ2v) is 3.34. The van der Waals surface area contributed by atoms with Crippen molar-refractivity contribution >= 4 is 5.69 Å². The molecule has 1 aliphatic heterocycles. The lowest BCUT2D eigenvalue weighted by molar-refractivity contribution is 0.0820. The Kier molecular flexibility index (Phi) is 2.17. The molecule has 1 aliphatic rings. The lowest BCUT2D eigenvalue weighted by Gasteiger charge is -2.25. The number of nitrogens with one attached hydrogen (secondary N) is 1. The SMILES string of the molecule is FC(F)C1CNc2ccccc2C1. The van der Waals surface area contributed by atoms with Gasteiger partial charge in [0.05, 0.1) is 0 Å². The molecule has 0 saturated heterocycles. The molecule has 1 nitrogen and oxygen atoms in total. The summed E-state index contributed by atoms with van der Waals surface area (Å²) in [5, 5.41) is 3.01. The molecule has 13 heavy (non-hydrogen) atoms. The molecule has 1 heterocycles. The highest BCUT2D eigenvalue weighted by Gasteiger charge is 2.25. The molecule has 1 aromatic rings. The number of fused-ring (bicyclic) bond motifs is 1. The minimum atomic E-state index is -2.22. The summed E-state index contributed by atoms with van der Waals surface area (Å²) in [7, 11) is 0. The molecule has 1 unspecified atom stereocenters. The summed E-state index contributed by atoms with van der Waals surface area (Å²) in [5.41, 5.74) is 2.00. The highest BCUT2D eigenvalue weighted by Crippen LogP contribution is 2.27. The fraction of sp³-hybridized carbons (Fsp3) is 0.400. The van der Waals surface area contributed by atoms with Crippen LogP contribution in [0.15, 0.2) is 24.3 Å². The fourth-order valence-electron chi connectivity index (χ4n) is 1.64. The van der Waals surface area contributed by atoms with Crippen LogP contribution in [0.25, 0.3) is 0 Å². The summed E-state index contributed by atoms with van der Waals surface area (Å²) < 4.78 is 24.7. The van der Waals surface area contributed by atoms with Crippen molar-refractivity contribution in [2.45, 2.75) is 12.8 Å². The highest BCUT2D eigenvalue weighted by molar-refractivity contribution is 5.53. The van der Waals surface area contributed by atoms with E-state index in [4.69, 9.17) is 0 Å². The number of rotatable bonds is 1. The molecule has 0 radical (unpaired) electrons. The number of benzene rings is 1. The Balaban J connectivity index is 2.20. The van der Waals surface area contributed by atoms with Gasteiger partial charge in [0.2, 0.25) is 6.43 Å². The van der Waals surface area contributed by atoms with Crippen LogP contribution in [0.4, 0.5) is 14.5 Å². The van der Waals surface area contributed by atoms with Crippen molar-refractivity contribution in [2.24, 2.45) is 5.92 Å². The normalized spacial score (nSPS) is 21.0. The van der Waals surface area contributed by atoms with Crippen molar-refractivity contribution in [3.05, 3.63) is 29.8 Å². The number of halogens is 2. The molecule has 1 aromatic carbocycles. The second-order valence-electron chi connectivity index (χ2n) is 3.34. The van der Waals surface area contributed by atoms with Crippen LogP contribution in [0, 0.1) is 5.92 Å². The van der Waals surface area contributed by atoms with Crippen molar-refractivity contribution in [3.8, 4) is 0 Å². The minimum Gasteiger partial charge on any atom is -0.384 e. The number of hydrogen-bond acceptors (Lipinski definition) is 1. The zero-order chi connectivity index (χ0) is 9.26. The summed E-state index contributed by atoms with van der Waals surface area (Å²) in [5.74, 6) is -0.533. The predicted octanol–water partition coefficient (Wildman–Crippen LogP) is 2.54. The van der Waals surface area contributed by atoms with Gasteiger partial charge in [0.15, 0.2) is 0 Å². The molecule has 1 atom stereocenters. The topological polar surface area (TPSA) is 12.0 Å². The Labute approximate surface area is 75.8 Å². The van der Waals surface area contributed by atoms with Gasteiger partial charge >= 0.3 is 0 Å². The van der Waals surface area contributed by atoms with E-state index in [1.165, 1.54) is 0 Å². The maximum absolute atomic E-state index is 12.4. The van der Waals surface area contributed by atoms with Gasteiger partial charge in [-0.15, -0.1) is 0 Å². The third kappa shape index (κ3) is 1.64. The van der Waals surface area contributed by atoms with Gasteiger partial charge in [0, 0.05) is 18.2 Å². The summed E-state index contributed by atoms with van der Waals surface area (Å²) >= 11 is 0. The number of anilines is 1. The van der Waals surface area contributed by atoms with E-state index in [9.17, 15) is 8.78 Å². The summed E-state index contributed by atoms with van der Waals surface area (Å²) in [6.07, 6.45) is -1.73. The summed E-state index contributed by atoms with van der Waals surface area (Å²) in [4.78, 5) is 0. The standard InChI is InChI=1S/C10H11F2N/c11-10(12)8-5-7-3-1-2-4-9(7)13-6-8/h1-4,8,10,13H,5-6H2. The quantitative estimate of drug-likeness (QED) is 0.705. The molecule has 0 aromatic heterocycles. The van der Waals surface area contributed by atoms with E-state index in [1.54, 1.807) is 0 Å². The summed E-state index contributed by atoms with van der Waals surface area (Å²) in [6.45, 7) is 0.384. The van der Waals surface area contributed by atoms with Crippen LogP contribution in [0.3, 0.4) is 0 Å². The zero-order valence-electron chi connectivity index (χ0n) is 7.13. The van der Waals surface area contributed by atoms with Crippen LogP contribution >= 0.6 is 0 Å². The smallest absolute Gasteiger partial charge is 0.243 e. The third-order valence-corrected chi connectivity index (χ3v) is 2.41. The molecule has 0 fully saturated rings. The molecule has 0 spiro atoms. The number of alkyl halides is 2. The van der Waals surface area contributed by atoms with E-state index < -0.39 is 12.3 Å². The van der Waals surface area contributed by atoms with Gasteiger partial charge in [-0.1, -0.05) is 18.2 Å². The third-order valence-electron chi connectivity index (χ3n) is 2.41. The maximum atomic E-state index is 12.4. The maximum Gasteiger partial charge on any atom is 0.243 e. The van der Waals surface area contributed by atoms with Crippen molar-refractivity contribution in [3.63, 3.8) is 0 Å². The fourth-order valence-corrected chi connectivity index (χ4v) is 1.64. The van der Waals surface area contributed by atoms with Gasteiger partial charge in [-0.3, -0.25) is 0 Å². The zero-order valence-corrected chi connectivity index (χ0v) is 7.13. The van der Waals surface area contributed by atoms with E-state index in [-0.39, 0.29) is 0 Å². The van der Waals surface area contributed by atoms with Gasteiger partial charge in [-0.25, -0.2) is 8.78 Å². The number of hydrogen-bond donors (Lipinski definition) is 1. The van der Waals surface area contributed by atoms with Crippen LogP contribution in [0.5, 0.6) is 0 Å². The Morgan fingerprint density at radius 2 is 2.08 bits per heavy atom. The Hall–Kier alpha value is -1.12. The Bertz CT molecular complexity index is 299. The molecule has 2 rings (SSSR count). The van der Waals surface area contributed by atoms with E-state index in [1.807, 2.05) is 24.3 Å². The minimum absolute atomic E-state index is 0.384. The first-order chi connectivity index (χ1) is 6.27. The van der Waals surface area contributed by atoms with E-state index in [0.717, 1.165) is 11.3 Å². The van der Waals surface area contributed by atoms with Crippen molar-refractivity contribution in [2.75, 3.05) is 11.9 Å². The van der Waals surface area contributed by atoms with Crippen molar-refractivity contribution in [1.82, 2.24) is 0 Å². The highest BCUT2D eigenvalue weighted by atomic mass is 19.3. The molecule has 0 aliphatic carbocycles. The number of para-hydroxylation sites is 1. The first-order valence-electron chi connectivity index (χ1n) is 4.37. The van der Waals surface area contributed by atoms with Gasteiger partial charge in [0.25, 0.3) is 0 Å². The molecule has 0 saturated carbocycles. The predicted molar refractivity (Wildman–Crippen MR) is 48.1 cm³/mol. The van der Waals surface area contributed by atoms with E-state index in [2.05, 4.69) is 5.32 Å². The Morgan fingerprint density at radius 3 is 2.85 bits per heavy atom. The van der Waals surface area contributed by atoms with Gasteiger partial charge in [-0.2, -0.15) is 0 Å². The van der Waals surface area contributed by atoms with Crippen molar-refractivity contribution < 1.29 is 8.78 Å². The molecular formula is C10H11F2N. The lowest BCUT2D eigenvalue weighted by Crippen LogP contribution is -2.28. The van der Waals surface area contributed by atoms with E-state index >= 15 is 0 Å². The van der Waals surface area contributed by atoms with Crippen LogP contribution < -0.4 is 5.32 Å². The average Bonchev–Trinajstić information content (AvgIpc) is 2.17. The first-order valence-corrected chi connectivity index (χ1v) is 4.37. The van der Waals surface area contributed by atoms with Gasteiger partial charge < -0.3 is 5.32 Å². The first kappa shape index (κ1) is 8.48. The molecule has 3 heteroatoms. The largest absolute Gasteiger partial charge is 0.384 e. The second kappa shape index (κ2) is 3.32. The average molecular weight is 183 g/mol.